The first-order valence-electron chi connectivity index (χ1n) is 6.33. The van der Waals surface area contributed by atoms with Crippen molar-refractivity contribution in [3.05, 3.63) is 30.3 Å². The standard InChI is InChI=1S/C12H24N8O2/c1-9(13,14)11(17,18)12(19,20)10(15,16)8(21)22-7-5-3-2-4-6-7/h2-6H,13-20H2,1H3. The number of ether oxygens (including phenoxy) is 1. The predicted octanol–water partition coefficient (Wildman–Crippen LogP) is -3.93. The van der Waals surface area contributed by atoms with Crippen LogP contribution in [0.3, 0.4) is 0 Å². The molecule has 10 heteroatoms. The molecular weight excluding hydrogens is 288 g/mol. The van der Waals surface area contributed by atoms with E-state index in [4.69, 9.17) is 50.6 Å². The van der Waals surface area contributed by atoms with Gasteiger partial charge in [0, 0.05) is 0 Å². The number of rotatable bonds is 5. The van der Waals surface area contributed by atoms with Gasteiger partial charge in [-0.3, -0.25) is 0 Å². The molecule has 0 spiro atoms. The molecule has 0 heterocycles. The third kappa shape index (κ3) is 2.95. The zero-order chi connectivity index (χ0) is 17.4. The Labute approximate surface area is 128 Å². The third-order valence-electron chi connectivity index (χ3n) is 3.55. The van der Waals surface area contributed by atoms with Crippen LogP contribution < -0.4 is 50.6 Å². The van der Waals surface area contributed by atoms with E-state index < -0.39 is 28.6 Å². The minimum atomic E-state index is -2.47. The summed E-state index contributed by atoms with van der Waals surface area (Å²) in [4.78, 5) is 12.2. The Hall–Kier alpha value is -1.63. The fourth-order valence-electron chi connectivity index (χ4n) is 1.64. The molecular formula is C12H24N8O2. The van der Waals surface area contributed by atoms with Crippen LogP contribution >= 0.6 is 0 Å². The van der Waals surface area contributed by atoms with Gasteiger partial charge in [0.2, 0.25) is 0 Å². The molecule has 124 valence electrons. The number of nitrogens with two attached hydrogens (primary N) is 8. The molecule has 0 aliphatic carbocycles. The number of hydrogen-bond acceptors (Lipinski definition) is 10. The van der Waals surface area contributed by atoms with Crippen LogP contribution in [-0.2, 0) is 4.79 Å². The van der Waals surface area contributed by atoms with Gasteiger partial charge in [-0.2, -0.15) is 0 Å². The molecule has 0 saturated carbocycles. The smallest absolute Gasteiger partial charge is 0.349 e. The van der Waals surface area contributed by atoms with E-state index in [2.05, 4.69) is 0 Å². The predicted molar refractivity (Wildman–Crippen MR) is 82.2 cm³/mol. The van der Waals surface area contributed by atoms with E-state index in [1.807, 2.05) is 0 Å². The second kappa shape index (κ2) is 5.53. The normalized spacial score (nSPS) is 13.9. The molecule has 0 aliphatic heterocycles. The third-order valence-corrected chi connectivity index (χ3v) is 3.55. The Morgan fingerprint density at radius 1 is 0.864 bits per heavy atom. The summed E-state index contributed by atoms with van der Waals surface area (Å²) in [6.07, 6.45) is 0. The van der Waals surface area contributed by atoms with Gasteiger partial charge >= 0.3 is 5.97 Å². The van der Waals surface area contributed by atoms with Gasteiger partial charge in [0.1, 0.15) is 17.1 Å². The van der Waals surface area contributed by atoms with E-state index in [0.29, 0.717) is 0 Å². The van der Waals surface area contributed by atoms with Gasteiger partial charge in [-0.05, 0) is 19.1 Å². The second-order valence-electron chi connectivity index (χ2n) is 5.59. The lowest BCUT2D eigenvalue weighted by Gasteiger charge is -2.52. The average molecular weight is 312 g/mol. The molecule has 1 aromatic carbocycles. The molecule has 1 aromatic rings. The molecule has 0 aromatic heterocycles. The monoisotopic (exact) mass is 312 g/mol. The molecule has 0 atom stereocenters. The Balaban J connectivity index is 3.13. The van der Waals surface area contributed by atoms with Gasteiger partial charge in [0.15, 0.2) is 5.66 Å². The van der Waals surface area contributed by atoms with Crippen LogP contribution in [0.5, 0.6) is 5.75 Å². The minimum Gasteiger partial charge on any atom is -0.424 e. The maximum Gasteiger partial charge on any atom is 0.349 e. The molecule has 10 nitrogen and oxygen atoms in total. The SMILES string of the molecule is CC(N)(N)C(N)(N)C(N)(N)C(N)(N)C(=O)Oc1ccccc1. The number of benzene rings is 1. The van der Waals surface area contributed by atoms with Crippen molar-refractivity contribution in [2.75, 3.05) is 0 Å². The van der Waals surface area contributed by atoms with Crippen LogP contribution in [0, 0.1) is 0 Å². The topological polar surface area (TPSA) is 234 Å². The van der Waals surface area contributed by atoms with E-state index in [9.17, 15) is 4.79 Å². The Morgan fingerprint density at radius 2 is 1.32 bits per heavy atom. The van der Waals surface area contributed by atoms with Gasteiger partial charge in [-0.15, -0.1) is 0 Å². The van der Waals surface area contributed by atoms with Crippen molar-refractivity contribution in [1.82, 2.24) is 0 Å². The van der Waals surface area contributed by atoms with Crippen LogP contribution in [0.25, 0.3) is 0 Å². The summed E-state index contributed by atoms with van der Waals surface area (Å²) < 4.78 is 5.03. The first kappa shape index (κ1) is 18.4. The van der Waals surface area contributed by atoms with Crippen LogP contribution in [0.2, 0.25) is 0 Å². The highest BCUT2D eigenvalue weighted by atomic mass is 16.5. The summed E-state index contributed by atoms with van der Waals surface area (Å²) >= 11 is 0. The van der Waals surface area contributed by atoms with Crippen LogP contribution in [0.1, 0.15) is 6.92 Å². The molecule has 0 unspecified atom stereocenters. The lowest BCUT2D eigenvalue weighted by atomic mass is 9.77. The van der Waals surface area contributed by atoms with E-state index >= 15 is 0 Å². The fraction of sp³-hybridized carbons (Fsp3) is 0.417. The summed E-state index contributed by atoms with van der Waals surface area (Å²) in [6, 6.07) is 8.03. The van der Waals surface area contributed by atoms with Crippen LogP contribution in [0.15, 0.2) is 30.3 Å². The van der Waals surface area contributed by atoms with Crippen molar-refractivity contribution in [1.29, 1.82) is 0 Å². The number of carbonyl (C=O) groups excluding carboxylic acids is 1. The molecule has 0 fully saturated rings. The highest BCUT2D eigenvalue weighted by Gasteiger charge is 2.62. The first-order chi connectivity index (χ1) is 9.75. The fourth-order valence-corrected chi connectivity index (χ4v) is 1.64. The highest BCUT2D eigenvalue weighted by Crippen LogP contribution is 2.23. The maximum atomic E-state index is 12.2. The second-order valence-corrected chi connectivity index (χ2v) is 5.59. The maximum absolute atomic E-state index is 12.2. The van der Waals surface area contributed by atoms with Crippen molar-refractivity contribution in [3.8, 4) is 5.75 Å². The summed E-state index contributed by atoms with van der Waals surface area (Å²) in [6.45, 7) is 1.26. The largest absolute Gasteiger partial charge is 0.424 e. The molecule has 0 bridgehead atoms. The zero-order valence-electron chi connectivity index (χ0n) is 12.3. The molecule has 0 saturated heterocycles. The van der Waals surface area contributed by atoms with Crippen LogP contribution in [0.4, 0.5) is 0 Å². The average Bonchev–Trinajstić information content (AvgIpc) is 2.38. The van der Waals surface area contributed by atoms with Gasteiger partial charge in [0.25, 0.3) is 0 Å². The van der Waals surface area contributed by atoms with Gasteiger partial charge in [-0.1, -0.05) is 18.2 Å². The van der Waals surface area contributed by atoms with E-state index in [-0.39, 0.29) is 5.75 Å². The molecule has 0 radical (unpaired) electrons. The van der Waals surface area contributed by atoms with E-state index in [0.717, 1.165) is 0 Å². The van der Waals surface area contributed by atoms with Crippen molar-refractivity contribution < 1.29 is 9.53 Å². The first-order valence-corrected chi connectivity index (χ1v) is 6.33. The molecule has 0 aliphatic rings. The van der Waals surface area contributed by atoms with E-state index in [1.165, 1.54) is 19.1 Å². The lowest BCUT2D eigenvalue weighted by Crippen LogP contribution is -2.97. The molecule has 1 rings (SSSR count). The minimum absolute atomic E-state index is 0.187. The number of hydrogen-bond donors (Lipinski definition) is 8. The van der Waals surface area contributed by atoms with Crippen LogP contribution in [-0.4, -0.2) is 28.6 Å². The van der Waals surface area contributed by atoms with Gasteiger partial charge in [-0.25, -0.2) is 4.79 Å². The summed E-state index contributed by atoms with van der Waals surface area (Å²) in [7, 11) is 0. The highest BCUT2D eigenvalue weighted by molar-refractivity contribution is 5.84. The Kier molecular flexibility index (Phi) is 4.63. The molecule has 0 amide bonds. The lowest BCUT2D eigenvalue weighted by molar-refractivity contribution is -0.145. The number of para-hydroxylation sites is 1. The zero-order valence-corrected chi connectivity index (χ0v) is 12.3. The van der Waals surface area contributed by atoms with Gasteiger partial charge in [0.05, 0.1) is 5.66 Å². The van der Waals surface area contributed by atoms with Crippen molar-refractivity contribution >= 4 is 5.97 Å². The number of esters is 1. The van der Waals surface area contributed by atoms with E-state index in [1.54, 1.807) is 18.2 Å². The van der Waals surface area contributed by atoms with Crippen molar-refractivity contribution in [3.63, 3.8) is 0 Å². The summed E-state index contributed by atoms with van der Waals surface area (Å²) in [5.41, 5.74) is 37.2. The molecule has 22 heavy (non-hydrogen) atoms. The summed E-state index contributed by atoms with van der Waals surface area (Å²) in [5, 5.41) is 0. The van der Waals surface area contributed by atoms with Crippen molar-refractivity contribution in [2.24, 2.45) is 45.9 Å². The van der Waals surface area contributed by atoms with Gasteiger partial charge < -0.3 is 50.6 Å². The molecule has 16 N–H and O–H groups in total. The number of carbonyl (C=O) groups is 1. The Morgan fingerprint density at radius 3 is 1.73 bits per heavy atom. The Bertz CT molecular complexity index is 536. The van der Waals surface area contributed by atoms with Crippen molar-refractivity contribution in [2.45, 2.75) is 29.6 Å². The quantitative estimate of drug-likeness (QED) is 0.149. The summed E-state index contributed by atoms with van der Waals surface area (Å²) in [5.74, 6) is -0.959.